The lowest BCUT2D eigenvalue weighted by Crippen LogP contribution is -2.28. The zero-order chi connectivity index (χ0) is 19.1. The molecule has 9 nitrogen and oxygen atoms in total. The Morgan fingerprint density at radius 2 is 2.15 bits per heavy atom. The van der Waals surface area contributed by atoms with Crippen molar-refractivity contribution in [1.82, 2.24) is 25.1 Å². The summed E-state index contributed by atoms with van der Waals surface area (Å²) in [5.74, 6) is -0.437. The maximum absolute atomic E-state index is 12.8. The van der Waals surface area contributed by atoms with E-state index in [0.29, 0.717) is 16.6 Å². The number of fused-ring (bicyclic) bond motifs is 2. The lowest BCUT2D eigenvalue weighted by Gasteiger charge is -2.14. The number of aryl methyl sites for hydroxylation is 2. The molecule has 0 unspecified atom stereocenters. The first kappa shape index (κ1) is 17.0. The Morgan fingerprint density at radius 1 is 1.33 bits per heavy atom. The molecule has 0 saturated carbocycles. The summed E-state index contributed by atoms with van der Waals surface area (Å²) in [7, 11) is 3.05. The molecule has 0 bridgehead atoms. The van der Waals surface area contributed by atoms with Gasteiger partial charge in [0.15, 0.2) is 11.5 Å². The molecule has 1 aliphatic rings. The van der Waals surface area contributed by atoms with Gasteiger partial charge >= 0.3 is 5.97 Å². The number of aromatic nitrogens is 4. The quantitative estimate of drug-likeness (QED) is 0.666. The molecule has 1 atom stereocenters. The van der Waals surface area contributed by atoms with E-state index in [4.69, 9.17) is 10.5 Å². The maximum atomic E-state index is 12.8. The van der Waals surface area contributed by atoms with Crippen LogP contribution in [0.2, 0.25) is 0 Å². The van der Waals surface area contributed by atoms with Gasteiger partial charge in [-0.2, -0.15) is 5.10 Å². The number of esters is 1. The van der Waals surface area contributed by atoms with E-state index in [1.165, 1.54) is 18.1 Å². The van der Waals surface area contributed by atoms with Crippen LogP contribution in [-0.4, -0.2) is 38.7 Å². The fourth-order valence-corrected chi connectivity index (χ4v) is 3.54. The van der Waals surface area contributed by atoms with Gasteiger partial charge in [0.25, 0.3) is 5.91 Å². The summed E-state index contributed by atoms with van der Waals surface area (Å²) in [5, 5.41) is 7.12. The Morgan fingerprint density at radius 3 is 2.93 bits per heavy atom. The fourth-order valence-electron chi connectivity index (χ4n) is 3.54. The predicted molar refractivity (Wildman–Crippen MR) is 97.0 cm³/mol. The van der Waals surface area contributed by atoms with Crippen LogP contribution in [0.3, 0.4) is 0 Å². The Labute approximate surface area is 154 Å². The number of nitrogens with zero attached hydrogens (tertiary/aromatic N) is 4. The molecule has 1 aromatic carbocycles. The number of nitrogens with one attached hydrogen (secondary N) is 1. The van der Waals surface area contributed by atoms with Crippen molar-refractivity contribution in [3.63, 3.8) is 0 Å². The molecular weight excluding hydrogens is 348 g/mol. The van der Waals surface area contributed by atoms with Crippen LogP contribution in [0.1, 0.15) is 44.4 Å². The number of nitrogen functional groups attached to an aromatic ring is 1. The van der Waals surface area contributed by atoms with Gasteiger partial charge in [0.05, 0.1) is 18.7 Å². The van der Waals surface area contributed by atoms with Gasteiger partial charge in [-0.1, -0.05) is 6.07 Å². The second-order valence-corrected chi connectivity index (χ2v) is 6.40. The summed E-state index contributed by atoms with van der Waals surface area (Å²) in [6.45, 7) is 0. The fraction of sp³-hybridized carbons (Fsp3) is 0.278. The minimum atomic E-state index is -0.373. The standard InChI is InChI=1S/C18H18N6O3/c1-24-15-13(16(19)23-24)20-8-21-14(15)17(25)22-12-6-4-9-7-10(18(26)27-2)3-5-11(9)12/h3,5,7-8,12H,4,6H2,1-2H3,(H2,19,23)(H,22,25)/t12-/m0/s1. The summed E-state index contributed by atoms with van der Waals surface area (Å²) >= 11 is 0. The molecule has 0 radical (unpaired) electrons. The van der Waals surface area contributed by atoms with Crippen molar-refractivity contribution in [2.24, 2.45) is 7.05 Å². The third kappa shape index (κ3) is 2.77. The lowest BCUT2D eigenvalue weighted by atomic mass is 10.0. The number of hydrogen-bond acceptors (Lipinski definition) is 7. The molecule has 0 aliphatic heterocycles. The molecule has 9 heteroatoms. The molecule has 1 amide bonds. The van der Waals surface area contributed by atoms with Gasteiger partial charge in [0.1, 0.15) is 17.4 Å². The van der Waals surface area contributed by atoms with E-state index in [1.54, 1.807) is 13.1 Å². The smallest absolute Gasteiger partial charge is 0.337 e. The van der Waals surface area contributed by atoms with E-state index in [1.807, 2.05) is 12.1 Å². The first-order valence-corrected chi connectivity index (χ1v) is 8.44. The number of amides is 1. The zero-order valence-electron chi connectivity index (χ0n) is 14.9. The molecule has 3 aromatic rings. The van der Waals surface area contributed by atoms with Crippen molar-refractivity contribution < 1.29 is 14.3 Å². The Kier molecular flexibility index (Phi) is 3.98. The SMILES string of the molecule is COC(=O)c1ccc2c(c1)CC[C@@H]2NC(=O)c1ncnc2c(N)nn(C)c12. The first-order chi connectivity index (χ1) is 13.0. The van der Waals surface area contributed by atoms with Gasteiger partial charge in [-0.3, -0.25) is 9.48 Å². The third-order valence-corrected chi connectivity index (χ3v) is 4.81. The maximum Gasteiger partial charge on any atom is 0.337 e. The van der Waals surface area contributed by atoms with E-state index in [9.17, 15) is 9.59 Å². The highest BCUT2D eigenvalue weighted by molar-refractivity contribution is 6.05. The number of benzene rings is 1. The van der Waals surface area contributed by atoms with E-state index < -0.39 is 0 Å². The summed E-state index contributed by atoms with van der Waals surface area (Å²) in [6, 6.07) is 5.23. The number of carbonyl (C=O) groups excluding carboxylic acids is 2. The third-order valence-electron chi connectivity index (χ3n) is 4.81. The number of rotatable bonds is 3. The van der Waals surface area contributed by atoms with Crippen LogP contribution in [-0.2, 0) is 18.2 Å². The number of carbonyl (C=O) groups is 2. The van der Waals surface area contributed by atoms with Crippen LogP contribution in [0.4, 0.5) is 5.82 Å². The minimum absolute atomic E-state index is 0.158. The normalized spacial score (nSPS) is 15.6. The van der Waals surface area contributed by atoms with Crippen LogP contribution < -0.4 is 11.1 Å². The molecule has 4 rings (SSSR count). The van der Waals surface area contributed by atoms with Crippen molar-refractivity contribution in [3.8, 4) is 0 Å². The van der Waals surface area contributed by atoms with Crippen LogP contribution in [0.25, 0.3) is 11.0 Å². The van der Waals surface area contributed by atoms with Crippen LogP contribution >= 0.6 is 0 Å². The monoisotopic (exact) mass is 366 g/mol. The number of anilines is 1. The van der Waals surface area contributed by atoms with Crippen molar-refractivity contribution >= 4 is 28.7 Å². The van der Waals surface area contributed by atoms with Crippen molar-refractivity contribution in [2.75, 3.05) is 12.8 Å². The van der Waals surface area contributed by atoms with Crippen LogP contribution in [0.5, 0.6) is 0 Å². The number of ether oxygens (including phenoxy) is 1. The highest BCUT2D eigenvalue weighted by Gasteiger charge is 2.27. The molecule has 138 valence electrons. The molecule has 2 heterocycles. The van der Waals surface area contributed by atoms with Crippen molar-refractivity contribution in [2.45, 2.75) is 18.9 Å². The van der Waals surface area contributed by atoms with Gasteiger partial charge in [0.2, 0.25) is 0 Å². The van der Waals surface area contributed by atoms with Gasteiger partial charge in [0, 0.05) is 7.05 Å². The first-order valence-electron chi connectivity index (χ1n) is 8.44. The number of methoxy groups -OCH3 is 1. The molecule has 27 heavy (non-hydrogen) atoms. The van der Waals surface area contributed by atoms with Gasteiger partial charge in [-0.15, -0.1) is 0 Å². The summed E-state index contributed by atoms with van der Waals surface area (Å²) in [6.07, 6.45) is 2.82. The number of nitrogens with two attached hydrogens (primary N) is 1. The molecule has 1 aliphatic carbocycles. The molecule has 3 N–H and O–H groups in total. The Balaban J connectivity index is 1.62. The zero-order valence-corrected chi connectivity index (χ0v) is 14.9. The molecule has 0 saturated heterocycles. The number of hydrogen-bond donors (Lipinski definition) is 2. The van der Waals surface area contributed by atoms with Crippen LogP contribution in [0, 0.1) is 0 Å². The predicted octanol–water partition coefficient (Wildman–Crippen LogP) is 1.15. The Bertz CT molecular complexity index is 1070. The van der Waals surface area contributed by atoms with E-state index >= 15 is 0 Å². The minimum Gasteiger partial charge on any atom is -0.465 e. The van der Waals surface area contributed by atoms with E-state index in [-0.39, 0.29) is 29.4 Å². The highest BCUT2D eigenvalue weighted by atomic mass is 16.5. The summed E-state index contributed by atoms with van der Waals surface area (Å²) < 4.78 is 6.26. The largest absolute Gasteiger partial charge is 0.465 e. The second-order valence-electron chi connectivity index (χ2n) is 6.40. The average molecular weight is 366 g/mol. The highest BCUT2D eigenvalue weighted by Crippen LogP contribution is 2.32. The molecular formula is C18H18N6O3. The summed E-state index contributed by atoms with van der Waals surface area (Å²) in [4.78, 5) is 32.8. The second kappa shape index (κ2) is 6.35. The van der Waals surface area contributed by atoms with Gasteiger partial charge in [-0.25, -0.2) is 14.8 Å². The van der Waals surface area contributed by atoms with Crippen molar-refractivity contribution in [3.05, 3.63) is 46.9 Å². The topological polar surface area (TPSA) is 125 Å². The average Bonchev–Trinajstić information content (AvgIpc) is 3.21. The van der Waals surface area contributed by atoms with Crippen LogP contribution in [0.15, 0.2) is 24.5 Å². The van der Waals surface area contributed by atoms with Gasteiger partial charge < -0.3 is 15.8 Å². The van der Waals surface area contributed by atoms with Gasteiger partial charge in [-0.05, 0) is 36.1 Å². The molecule has 2 aromatic heterocycles. The van der Waals surface area contributed by atoms with E-state index in [2.05, 4.69) is 20.4 Å². The van der Waals surface area contributed by atoms with Crippen molar-refractivity contribution in [1.29, 1.82) is 0 Å². The molecule has 0 fully saturated rings. The molecule has 0 spiro atoms. The Hall–Kier alpha value is -3.49. The van der Waals surface area contributed by atoms with E-state index in [0.717, 1.165) is 24.0 Å². The lowest BCUT2D eigenvalue weighted by molar-refractivity contribution is 0.0600. The summed E-state index contributed by atoms with van der Waals surface area (Å²) in [5.41, 5.74) is 9.53.